The summed E-state index contributed by atoms with van der Waals surface area (Å²) in [6, 6.07) is 14.8. The second kappa shape index (κ2) is 9.12. The average molecular weight is 352 g/mol. The van der Waals surface area contributed by atoms with Crippen molar-refractivity contribution in [2.45, 2.75) is 25.4 Å². The fourth-order valence-electron chi connectivity index (χ4n) is 3.08. The molecule has 2 heterocycles. The van der Waals surface area contributed by atoms with Crippen molar-refractivity contribution in [2.75, 3.05) is 18.4 Å². The van der Waals surface area contributed by atoms with Crippen molar-refractivity contribution in [1.29, 1.82) is 0 Å². The van der Waals surface area contributed by atoms with Gasteiger partial charge in [0.15, 0.2) is 0 Å². The van der Waals surface area contributed by atoms with Gasteiger partial charge in [-0.2, -0.15) is 0 Å². The summed E-state index contributed by atoms with van der Waals surface area (Å²) in [5, 5.41) is 11.9. The molecule has 26 heavy (non-hydrogen) atoms. The van der Waals surface area contributed by atoms with Crippen LogP contribution < -0.4 is 10.8 Å². The zero-order valence-electron chi connectivity index (χ0n) is 14.6. The maximum Gasteiger partial charge on any atom is 0.267 e. The standard InChI is InChI=1S/C20H24N4O2/c25-20(23-26)9-7-16-6-8-19(21-14-16)22-18-10-12-24(13-11-18)15-17-4-2-1-3-5-17/h1-9,14,18,26H,10-13,15H2,(H,21,22)(H,23,25)/b9-7+. The highest BCUT2D eigenvalue weighted by Crippen LogP contribution is 2.17. The van der Waals surface area contributed by atoms with Crippen molar-refractivity contribution in [3.63, 3.8) is 0 Å². The average Bonchev–Trinajstić information content (AvgIpc) is 2.69. The molecule has 0 unspecified atom stereocenters. The number of rotatable bonds is 6. The van der Waals surface area contributed by atoms with Crippen LogP contribution in [0.3, 0.4) is 0 Å². The smallest absolute Gasteiger partial charge is 0.267 e. The van der Waals surface area contributed by atoms with Crippen molar-refractivity contribution in [2.24, 2.45) is 0 Å². The molecular formula is C20H24N4O2. The lowest BCUT2D eigenvalue weighted by molar-refractivity contribution is -0.124. The van der Waals surface area contributed by atoms with Gasteiger partial charge in [0.1, 0.15) is 5.82 Å². The zero-order chi connectivity index (χ0) is 18.2. The van der Waals surface area contributed by atoms with Gasteiger partial charge in [-0.3, -0.25) is 14.9 Å². The van der Waals surface area contributed by atoms with E-state index in [1.165, 1.54) is 11.6 Å². The molecule has 1 saturated heterocycles. The van der Waals surface area contributed by atoms with Crippen LogP contribution in [0.15, 0.2) is 54.7 Å². The second-order valence-electron chi connectivity index (χ2n) is 6.47. The van der Waals surface area contributed by atoms with E-state index in [9.17, 15) is 4.79 Å². The number of hydroxylamine groups is 1. The number of benzene rings is 1. The fraction of sp³-hybridized carbons (Fsp3) is 0.300. The SMILES string of the molecule is O=C(/C=C/c1ccc(NC2CCN(Cc3ccccc3)CC2)nc1)NO. The van der Waals surface area contributed by atoms with Crippen LogP contribution in [-0.2, 0) is 11.3 Å². The minimum Gasteiger partial charge on any atom is -0.367 e. The molecule has 1 amide bonds. The van der Waals surface area contributed by atoms with Crippen LogP contribution in [0.4, 0.5) is 5.82 Å². The summed E-state index contributed by atoms with van der Waals surface area (Å²) in [6.45, 7) is 3.15. The van der Waals surface area contributed by atoms with Crippen LogP contribution in [-0.4, -0.2) is 40.1 Å². The number of hydrogen-bond donors (Lipinski definition) is 3. The Labute approximate surface area is 153 Å². The van der Waals surface area contributed by atoms with Crippen LogP contribution in [0.2, 0.25) is 0 Å². The van der Waals surface area contributed by atoms with E-state index in [-0.39, 0.29) is 0 Å². The van der Waals surface area contributed by atoms with E-state index in [2.05, 4.69) is 45.5 Å². The van der Waals surface area contributed by atoms with Crippen LogP contribution >= 0.6 is 0 Å². The number of piperidine rings is 1. The lowest BCUT2D eigenvalue weighted by atomic mass is 10.0. The van der Waals surface area contributed by atoms with Crippen molar-refractivity contribution in [3.05, 3.63) is 65.9 Å². The Hall–Kier alpha value is -2.70. The summed E-state index contributed by atoms with van der Waals surface area (Å²) in [4.78, 5) is 17.9. The van der Waals surface area contributed by atoms with Gasteiger partial charge in [-0.25, -0.2) is 10.5 Å². The number of carbonyl (C=O) groups is 1. The van der Waals surface area contributed by atoms with E-state index in [0.717, 1.165) is 43.9 Å². The number of anilines is 1. The number of pyridine rings is 1. The summed E-state index contributed by atoms with van der Waals surface area (Å²) in [5.74, 6) is 0.282. The number of carbonyl (C=O) groups excluding carboxylic acids is 1. The molecule has 6 heteroatoms. The molecule has 0 bridgehead atoms. The normalized spacial score (nSPS) is 15.9. The molecule has 1 aliphatic rings. The molecule has 0 atom stereocenters. The van der Waals surface area contributed by atoms with Crippen molar-refractivity contribution >= 4 is 17.8 Å². The lowest BCUT2D eigenvalue weighted by Gasteiger charge is -2.32. The van der Waals surface area contributed by atoms with Crippen molar-refractivity contribution in [3.8, 4) is 0 Å². The van der Waals surface area contributed by atoms with Gasteiger partial charge in [0.2, 0.25) is 0 Å². The fourth-order valence-corrected chi connectivity index (χ4v) is 3.08. The Balaban J connectivity index is 1.45. The van der Waals surface area contributed by atoms with E-state index < -0.39 is 5.91 Å². The van der Waals surface area contributed by atoms with E-state index in [4.69, 9.17) is 5.21 Å². The highest BCUT2D eigenvalue weighted by Gasteiger charge is 2.19. The first kappa shape index (κ1) is 18.1. The van der Waals surface area contributed by atoms with E-state index in [1.54, 1.807) is 17.8 Å². The third-order valence-electron chi connectivity index (χ3n) is 4.51. The van der Waals surface area contributed by atoms with Gasteiger partial charge >= 0.3 is 0 Å². The first-order valence-electron chi connectivity index (χ1n) is 8.84. The molecule has 1 fully saturated rings. The highest BCUT2D eigenvalue weighted by atomic mass is 16.5. The predicted molar refractivity (Wildman–Crippen MR) is 102 cm³/mol. The molecule has 0 saturated carbocycles. The topological polar surface area (TPSA) is 77.5 Å². The molecule has 3 N–H and O–H groups in total. The van der Waals surface area contributed by atoms with Crippen LogP contribution in [0.25, 0.3) is 6.08 Å². The van der Waals surface area contributed by atoms with Crippen LogP contribution in [0.1, 0.15) is 24.0 Å². The summed E-state index contributed by atoms with van der Waals surface area (Å²) in [5.41, 5.74) is 3.72. The molecule has 3 rings (SSSR count). The van der Waals surface area contributed by atoms with Crippen molar-refractivity contribution in [1.82, 2.24) is 15.4 Å². The molecule has 0 radical (unpaired) electrons. The number of nitrogens with one attached hydrogen (secondary N) is 2. The molecule has 1 aliphatic heterocycles. The van der Waals surface area contributed by atoms with Gasteiger partial charge in [-0.15, -0.1) is 0 Å². The summed E-state index contributed by atoms with van der Waals surface area (Å²) in [7, 11) is 0. The van der Waals surface area contributed by atoms with Crippen LogP contribution in [0.5, 0.6) is 0 Å². The molecule has 1 aromatic heterocycles. The Kier molecular flexibility index (Phi) is 6.35. The van der Waals surface area contributed by atoms with E-state index >= 15 is 0 Å². The van der Waals surface area contributed by atoms with E-state index in [0.29, 0.717) is 6.04 Å². The highest BCUT2D eigenvalue weighted by molar-refractivity contribution is 5.90. The first-order valence-corrected chi connectivity index (χ1v) is 8.84. The Morgan fingerprint density at radius 2 is 1.96 bits per heavy atom. The quantitative estimate of drug-likeness (QED) is 0.423. The molecule has 136 valence electrons. The van der Waals surface area contributed by atoms with Crippen LogP contribution in [0, 0.1) is 0 Å². The van der Waals surface area contributed by atoms with Gasteiger partial charge < -0.3 is 5.32 Å². The number of likely N-dealkylation sites (tertiary alicyclic amines) is 1. The minimum atomic E-state index is -0.561. The Morgan fingerprint density at radius 3 is 2.62 bits per heavy atom. The monoisotopic (exact) mass is 352 g/mol. The third kappa shape index (κ3) is 5.40. The van der Waals surface area contributed by atoms with Gasteiger partial charge in [-0.1, -0.05) is 30.3 Å². The third-order valence-corrected chi connectivity index (χ3v) is 4.51. The Bertz CT molecular complexity index is 723. The van der Waals surface area contributed by atoms with Gasteiger partial charge in [-0.05, 0) is 42.2 Å². The van der Waals surface area contributed by atoms with Gasteiger partial charge in [0.25, 0.3) is 5.91 Å². The minimum absolute atomic E-state index is 0.427. The Morgan fingerprint density at radius 1 is 1.19 bits per heavy atom. The maximum atomic E-state index is 11.0. The van der Waals surface area contributed by atoms with E-state index in [1.807, 2.05) is 12.1 Å². The molecule has 2 aromatic rings. The number of amides is 1. The molecule has 6 nitrogen and oxygen atoms in total. The van der Waals surface area contributed by atoms with Gasteiger partial charge in [0, 0.05) is 37.9 Å². The van der Waals surface area contributed by atoms with Crippen molar-refractivity contribution < 1.29 is 10.0 Å². The zero-order valence-corrected chi connectivity index (χ0v) is 14.6. The summed E-state index contributed by atoms with van der Waals surface area (Å²) < 4.78 is 0. The number of hydrogen-bond acceptors (Lipinski definition) is 5. The molecule has 0 spiro atoms. The summed E-state index contributed by atoms with van der Waals surface area (Å²) >= 11 is 0. The first-order chi connectivity index (χ1) is 12.7. The molecular weight excluding hydrogens is 328 g/mol. The number of aromatic nitrogens is 1. The second-order valence-corrected chi connectivity index (χ2v) is 6.47. The molecule has 1 aromatic carbocycles. The maximum absolute atomic E-state index is 11.0. The predicted octanol–water partition coefficient (Wildman–Crippen LogP) is 2.68. The largest absolute Gasteiger partial charge is 0.367 e. The lowest BCUT2D eigenvalue weighted by Crippen LogP contribution is -2.38. The number of nitrogens with zero attached hydrogens (tertiary/aromatic N) is 2. The summed E-state index contributed by atoms with van der Waals surface area (Å²) in [6.07, 6.45) is 6.74. The molecule has 0 aliphatic carbocycles. The van der Waals surface area contributed by atoms with Gasteiger partial charge in [0.05, 0.1) is 0 Å².